The summed E-state index contributed by atoms with van der Waals surface area (Å²) in [6.07, 6.45) is 8.22. The number of hydrogen-bond acceptors (Lipinski definition) is 4. The highest BCUT2D eigenvalue weighted by Crippen LogP contribution is 2.46. The van der Waals surface area contributed by atoms with Crippen LogP contribution < -0.4 is 16.4 Å². The van der Waals surface area contributed by atoms with E-state index in [1.165, 1.54) is 61.2 Å². The molecule has 5 N–H and O–H groups in total. The van der Waals surface area contributed by atoms with E-state index in [-0.39, 0.29) is 18.0 Å². The second-order valence-corrected chi connectivity index (χ2v) is 13.0. The minimum Gasteiger partial charge on any atom is -0.361 e. The van der Waals surface area contributed by atoms with Gasteiger partial charge in [-0.05, 0) is 94.3 Å². The Kier molecular flexibility index (Phi) is 12.2. The highest BCUT2D eigenvalue weighted by molar-refractivity contribution is 5.84. The van der Waals surface area contributed by atoms with Gasteiger partial charge in [0.05, 0.1) is 0 Å². The number of para-hydroxylation sites is 1. The van der Waals surface area contributed by atoms with Crippen LogP contribution in [0.15, 0.2) is 54.7 Å². The van der Waals surface area contributed by atoms with Gasteiger partial charge in [-0.1, -0.05) is 56.3 Å². The molecule has 1 spiro atoms. The summed E-state index contributed by atoms with van der Waals surface area (Å²) in [7, 11) is 3.38. The van der Waals surface area contributed by atoms with Crippen LogP contribution in [0, 0.1) is 0 Å². The summed E-state index contributed by atoms with van der Waals surface area (Å²) in [5, 5.41) is 7.10. The Hall–Kier alpha value is -3.36. The lowest BCUT2D eigenvalue weighted by Crippen LogP contribution is -2.54. The van der Waals surface area contributed by atoms with Gasteiger partial charge in [-0.3, -0.25) is 4.79 Å². The first-order valence-corrected chi connectivity index (χ1v) is 15.7. The standard InChI is InChI=1S/C17H26N4O.C15H21N.C3H7NO/c1-11(12(2)20-16(22)21-17(3,4)10-18)14-9-19-15-8-6-5-7-13(14)15;1-2-16-11-9-15(10-12-16)8-7-13-5-3-4-6-14(13)15;1-4(2)3-5/h5-9,11-12,19H,10,18H2,1-4H3,(H2,20,21,22);3-6H,2,7-12H2,1H3;3H,1-2H3/t11-,12?;;/m0../s1. The van der Waals surface area contributed by atoms with Crippen molar-refractivity contribution in [2.75, 3.05) is 40.3 Å². The molecule has 5 rings (SSSR count). The first kappa shape index (κ1) is 34.1. The van der Waals surface area contributed by atoms with Crippen LogP contribution in [-0.2, 0) is 16.6 Å². The van der Waals surface area contributed by atoms with Crippen LogP contribution >= 0.6 is 0 Å². The number of fused-ring (bicyclic) bond motifs is 3. The molecule has 3 aromatic rings. The quantitative estimate of drug-likeness (QED) is 0.277. The maximum absolute atomic E-state index is 12.1. The molecule has 8 nitrogen and oxygen atoms in total. The zero-order chi connectivity index (χ0) is 31.6. The molecule has 236 valence electrons. The summed E-state index contributed by atoms with van der Waals surface area (Å²) in [6, 6.07) is 17.1. The van der Waals surface area contributed by atoms with Gasteiger partial charge >= 0.3 is 6.03 Å². The number of likely N-dealkylation sites (tertiary alicyclic amines) is 1. The van der Waals surface area contributed by atoms with Gasteiger partial charge in [-0.15, -0.1) is 0 Å². The Morgan fingerprint density at radius 1 is 1.09 bits per heavy atom. The predicted octanol–water partition coefficient (Wildman–Crippen LogP) is 5.39. The number of benzene rings is 2. The molecule has 1 fully saturated rings. The van der Waals surface area contributed by atoms with E-state index in [0.29, 0.717) is 12.0 Å². The molecular weight excluding hydrogens is 536 g/mol. The smallest absolute Gasteiger partial charge is 0.315 e. The molecule has 43 heavy (non-hydrogen) atoms. The number of aryl methyl sites for hydroxylation is 1. The van der Waals surface area contributed by atoms with Gasteiger partial charge in [0.1, 0.15) is 0 Å². The van der Waals surface area contributed by atoms with E-state index in [9.17, 15) is 9.59 Å². The van der Waals surface area contributed by atoms with Crippen molar-refractivity contribution in [2.24, 2.45) is 5.73 Å². The van der Waals surface area contributed by atoms with Gasteiger partial charge in [0, 0.05) is 55.2 Å². The highest BCUT2D eigenvalue weighted by atomic mass is 16.2. The number of amides is 3. The van der Waals surface area contributed by atoms with Crippen LogP contribution in [0.4, 0.5) is 4.79 Å². The summed E-state index contributed by atoms with van der Waals surface area (Å²) in [6.45, 7) is 14.4. The molecule has 0 saturated carbocycles. The lowest BCUT2D eigenvalue weighted by molar-refractivity contribution is -0.115. The molecular formula is C35H54N6O2. The molecule has 1 unspecified atom stereocenters. The normalized spacial score (nSPS) is 17.0. The van der Waals surface area contributed by atoms with E-state index < -0.39 is 5.54 Å². The third kappa shape index (κ3) is 9.07. The third-order valence-corrected chi connectivity index (χ3v) is 9.12. The first-order chi connectivity index (χ1) is 20.4. The molecule has 2 heterocycles. The highest BCUT2D eigenvalue weighted by Gasteiger charge is 2.40. The molecule has 0 bridgehead atoms. The van der Waals surface area contributed by atoms with Gasteiger partial charge < -0.3 is 31.2 Å². The molecule has 1 aromatic heterocycles. The van der Waals surface area contributed by atoms with Crippen molar-refractivity contribution in [1.29, 1.82) is 0 Å². The van der Waals surface area contributed by atoms with Crippen LogP contribution in [-0.4, -0.2) is 79.1 Å². The summed E-state index contributed by atoms with van der Waals surface area (Å²) in [5.41, 5.74) is 11.4. The van der Waals surface area contributed by atoms with Crippen LogP contribution in [0.5, 0.6) is 0 Å². The topological polar surface area (TPSA) is 106 Å². The Balaban J connectivity index is 0.000000210. The van der Waals surface area contributed by atoms with Crippen molar-refractivity contribution in [3.8, 4) is 0 Å². The van der Waals surface area contributed by atoms with Crippen LogP contribution in [0.25, 0.3) is 10.9 Å². The van der Waals surface area contributed by atoms with Crippen molar-refractivity contribution in [2.45, 2.75) is 83.2 Å². The number of aromatic amines is 1. The summed E-state index contributed by atoms with van der Waals surface area (Å²) >= 11 is 0. The fourth-order valence-electron chi connectivity index (χ4n) is 6.05. The van der Waals surface area contributed by atoms with Crippen molar-refractivity contribution in [1.82, 2.24) is 25.4 Å². The van der Waals surface area contributed by atoms with Crippen molar-refractivity contribution in [3.05, 3.63) is 71.4 Å². The third-order valence-electron chi connectivity index (χ3n) is 9.12. The van der Waals surface area contributed by atoms with E-state index in [2.05, 4.69) is 70.8 Å². The van der Waals surface area contributed by atoms with E-state index in [1.807, 2.05) is 39.1 Å². The maximum atomic E-state index is 12.1. The number of carbonyl (C=O) groups is 2. The summed E-state index contributed by atoms with van der Waals surface area (Å²) in [4.78, 5) is 28.8. The van der Waals surface area contributed by atoms with Crippen molar-refractivity contribution >= 4 is 23.3 Å². The number of urea groups is 1. The van der Waals surface area contributed by atoms with Gasteiger partial charge in [0.2, 0.25) is 6.41 Å². The van der Waals surface area contributed by atoms with Crippen molar-refractivity contribution in [3.63, 3.8) is 0 Å². The minimum absolute atomic E-state index is 0.00720. The zero-order valence-corrected chi connectivity index (χ0v) is 27.4. The Bertz CT molecular complexity index is 1310. The predicted molar refractivity (Wildman–Crippen MR) is 179 cm³/mol. The average Bonchev–Trinajstić information content (AvgIpc) is 3.59. The lowest BCUT2D eigenvalue weighted by Gasteiger charge is -2.39. The SMILES string of the molecule is CC(NC(=O)NC(C)(C)CN)[C@H](C)c1c[nH]c2ccccc12.CCN1CCC2(CCc3ccccc32)CC1.CN(C)C=O. The number of carbonyl (C=O) groups excluding carboxylic acids is 2. The summed E-state index contributed by atoms with van der Waals surface area (Å²) < 4.78 is 0. The molecule has 8 heteroatoms. The average molecular weight is 591 g/mol. The number of piperidine rings is 1. The largest absolute Gasteiger partial charge is 0.361 e. The fourth-order valence-corrected chi connectivity index (χ4v) is 6.05. The van der Waals surface area contributed by atoms with E-state index >= 15 is 0 Å². The molecule has 0 radical (unpaired) electrons. The fraction of sp³-hybridized carbons (Fsp3) is 0.543. The minimum atomic E-state index is -0.409. The number of nitrogens with zero attached hydrogens (tertiary/aromatic N) is 2. The molecule has 2 atom stereocenters. The molecule has 1 aliphatic carbocycles. The molecule has 1 saturated heterocycles. The zero-order valence-electron chi connectivity index (χ0n) is 27.4. The number of H-pyrrole nitrogens is 1. The Morgan fingerprint density at radius 2 is 1.72 bits per heavy atom. The Morgan fingerprint density at radius 3 is 2.35 bits per heavy atom. The molecule has 2 aliphatic rings. The van der Waals surface area contributed by atoms with Crippen LogP contribution in [0.3, 0.4) is 0 Å². The van der Waals surface area contributed by atoms with E-state index in [1.54, 1.807) is 25.2 Å². The van der Waals surface area contributed by atoms with Crippen LogP contribution in [0.2, 0.25) is 0 Å². The monoisotopic (exact) mass is 590 g/mol. The van der Waals surface area contributed by atoms with Gasteiger partial charge in [-0.2, -0.15) is 0 Å². The van der Waals surface area contributed by atoms with Gasteiger partial charge in [0.15, 0.2) is 0 Å². The molecule has 2 aromatic carbocycles. The number of nitrogens with one attached hydrogen (secondary N) is 3. The van der Waals surface area contributed by atoms with Gasteiger partial charge in [-0.25, -0.2) is 4.79 Å². The van der Waals surface area contributed by atoms with Gasteiger partial charge in [0.25, 0.3) is 0 Å². The molecule has 1 aliphatic heterocycles. The Labute approximate surface area is 258 Å². The van der Waals surface area contributed by atoms with Crippen molar-refractivity contribution < 1.29 is 9.59 Å². The number of aromatic nitrogens is 1. The lowest BCUT2D eigenvalue weighted by atomic mass is 9.74. The summed E-state index contributed by atoms with van der Waals surface area (Å²) in [5.74, 6) is 0.197. The maximum Gasteiger partial charge on any atom is 0.315 e. The van der Waals surface area contributed by atoms with E-state index in [4.69, 9.17) is 5.73 Å². The number of nitrogens with two attached hydrogens (primary N) is 1. The van der Waals surface area contributed by atoms with Crippen LogP contribution in [0.1, 0.15) is 76.5 Å². The van der Waals surface area contributed by atoms with E-state index in [0.717, 1.165) is 11.9 Å². The second kappa shape index (κ2) is 15.4. The first-order valence-electron chi connectivity index (χ1n) is 15.7. The number of hydrogen-bond donors (Lipinski definition) is 4. The molecule has 3 amide bonds. The second-order valence-electron chi connectivity index (χ2n) is 13.0. The number of rotatable bonds is 7.